The lowest BCUT2D eigenvalue weighted by Gasteiger charge is -2.15. The van der Waals surface area contributed by atoms with E-state index in [0.717, 1.165) is 16.9 Å². The van der Waals surface area contributed by atoms with Gasteiger partial charge in [0.1, 0.15) is 5.75 Å². The summed E-state index contributed by atoms with van der Waals surface area (Å²) in [7, 11) is 0. The van der Waals surface area contributed by atoms with Crippen molar-refractivity contribution >= 4 is 52.5 Å². The fourth-order valence-corrected chi connectivity index (χ4v) is 3.90. The van der Waals surface area contributed by atoms with Gasteiger partial charge in [0.2, 0.25) is 0 Å². The van der Waals surface area contributed by atoms with Crippen LogP contribution in [-0.2, 0) is 10.5 Å². The number of hydrogen-bond acceptors (Lipinski definition) is 3. The van der Waals surface area contributed by atoms with E-state index in [1.54, 1.807) is 30.8 Å². The smallest absolute Gasteiger partial charge is 0.260 e. The first-order valence-electron chi connectivity index (χ1n) is 8.09. The average molecular weight is 433 g/mol. The summed E-state index contributed by atoms with van der Waals surface area (Å²) in [6.45, 7) is 4.15. The highest BCUT2D eigenvalue weighted by atomic mass is 35.5. The molecule has 0 fully saturated rings. The summed E-state index contributed by atoms with van der Waals surface area (Å²) in [5.41, 5.74) is 1.83. The summed E-state index contributed by atoms with van der Waals surface area (Å²) < 4.78 is 5.66. The number of aryl methyl sites for hydroxylation is 1. The molecule has 0 saturated carbocycles. The Morgan fingerprint density at radius 1 is 1.15 bits per heavy atom. The summed E-state index contributed by atoms with van der Waals surface area (Å²) in [4.78, 5) is 12.1. The van der Waals surface area contributed by atoms with Gasteiger partial charge in [-0.2, -0.15) is 11.8 Å². The lowest BCUT2D eigenvalue weighted by Crippen LogP contribution is -2.37. The predicted molar refractivity (Wildman–Crippen MR) is 112 cm³/mol. The first kappa shape index (κ1) is 21.2. The number of nitrogens with one attached hydrogen (secondary N) is 1. The van der Waals surface area contributed by atoms with Gasteiger partial charge in [-0.3, -0.25) is 4.79 Å². The van der Waals surface area contributed by atoms with Crippen molar-refractivity contribution in [3.63, 3.8) is 0 Å². The second-order valence-corrected chi connectivity index (χ2v) is 8.04. The van der Waals surface area contributed by atoms with Crippen molar-refractivity contribution in [2.45, 2.75) is 25.7 Å². The molecule has 0 heterocycles. The van der Waals surface area contributed by atoms with Crippen LogP contribution in [0.2, 0.25) is 15.1 Å². The van der Waals surface area contributed by atoms with Crippen LogP contribution in [0.1, 0.15) is 18.1 Å². The number of benzene rings is 2. The Balaban J connectivity index is 1.71. The van der Waals surface area contributed by atoms with Gasteiger partial charge < -0.3 is 10.1 Å². The van der Waals surface area contributed by atoms with E-state index in [9.17, 15) is 4.79 Å². The number of carbonyl (C=O) groups excluding carboxylic acids is 1. The van der Waals surface area contributed by atoms with E-state index in [2.05, 4.69) is 5.32 Å². The predicted octanol–water partition coefficient (Wildman–Crippen LogP) is 5.77. The van der Waals surface area contributed by atoms with Crippen LogP contribution in [0.4, 0.5) is 0 Å². The highest BCUT2D eigenvalue weighted by Crippen LogP contribution is 2.28. The van der Waals surface area contributed by atoms with Gasteiger partial charge in [-0.05, 0) is 55.3 Å². The summed E-state index contributed by atoms with van der Waals surface area (Å²) in [5.74, 6) is 1.91. The lowest BCUT2D eigenvalue weighted by atomic mass is 10.2. The molecule has 1 amide bonds. The van der Waals surface area contributed by atoms with Crippen LogP contribution in [0.5, 0.6) is 5.75 Å². The monoisotopic (exact) mass is 431 g/mol. The van der Waals surface area contributed by atoms with Crippen LogP contribution in [0.15, 0.2) is 36.4 Å². The molecule has 0 aliphatic carbocycles. The van der Waals surface area contributed by atoms with Gasteiger partial charge >= 0.3 is 0 Å². The van der Waals surface area contributed by atoms with Crippen LogP contribution < -0.4 is 10.1 Å². The Labute approximate surface area is 173 Å². The Morgan fingerprint density at radius 2 is 1.85 bits per heavy atom. The number of ether oxygens (including phenoxy) is 1. The molecule has 0 unspecified atom stereocenters. The second kappa shape index (κ2) is 10.3. The average Bonchev–Trinajstić information content (AvgIpc) is 2.60. The normalized spacial score (nSPS) is 11.9. The van der Waals surface area contributed by atoms with Crippen molar-refractivity contribution in [1.29, 1.82) is 0 Å². The van der Waals surface area contributed by atoms with Crippen LogP contribution in [-0.4, -0.2) is 24.3 Å². The first-order chi connectivity index (χ1) is 12.4. The summed E-state index contributed by atoms with van der Waals surface area (Å²) in [6, 6.07) is 10.8. The quantitative estimate of drug-likeness (QED) is 0.538. The summed E-state index contributed by atoms with van der Waals surface area (Å²) in [5, 5.41) is 4.86. The van der Waals surface area contributed by atoms with Crippen LogP contribution >= 0.6 is 46.6 Å². The van der Waals surface area contributed by atoms with Gasteiger partial charge in [0.15, 0.2) is 6.10 Å². The Morgan fingerprint density at radius 3 is 2.50 bits per heavy atom. The molecule has 0 spiro atoms. The van der Waals surface area contributed by atoms with Crippen LogP contribution in [0.3, 0.4) is 0 Å². The number of halogens is 3. The SMILES string of the molecule is Cc1cc(O[C@H](C)C(=O)NCCSCc2c(Cl)cccc2Cl)ccc1Cl. The third-order valence-electron chi connectivity index (χ3n) is 3.67. The lowest BCUT2D eigenvalue weighted by molar-refractivity contribution is -0.127. The molecule has 2 aromatic rings. The molecule has 0 saturated heterocycles. The zero-order valence-electron chi connectivity index (χ0n) is 14.5. The minimum atomic E-state index is -0.585. The number of amides is 1. The van der Waals surface area contributed by atoms with E-state index in [1.165, 1.54) is 0 Å². The second-order valence-electron chi connectivity index (χ2n) is 5.71. The van der Waals surface area contributed by atoms with Gasteiger partial charge in [-0.25, -0.2) is 0 Å². The summed E-state index contributed by atoms with van der Waals surface area (Å²) in [6.07, 6.45) is -0.585. The molecule has 7 heteroatoms. The van der Waals surface area contributed by atoms with E-state index in [4.69, 9.17) is 39.5 Å². The van der Waals surface area contributed by atoms with Crippen LogP contribution in [0, 0.1) is 6.92 Å². The minimum Gasteiger partial charge on any atom is -0.481 e. The molecule has 2 rings (SSSR count). The largest absolute Gasteiger partial charge is 0.481 e. The zero-order valence-corrected chi connectivity index (χ0v) is 17.6. The molecule has 26 heavy (non-hydrogen) atoms. The first-order valence-corrected chi connectivity index (χ1v) is 10.4. The Bertz CT molecular complexity index is 750. The highest BCUT2D eigenvalue weighted by molar-refractivity contribution is 7.98. The molecule has 0 aromatic heterocycles. The molecule has 1 atom stereocenters. The van der Waals surface area contributed by atoms with Crippen molar-refractivity contribution in [3.05, 3.63) is 62.6 Å². The molecule has 0 aliphatic heterocycles. The number of thioether (sulfide) groups is 1. The molecule has 1 N–H and O–H groups in total. The van der Waals surface area contributed by atoms with Gasteiger partial charge in [0.25, 0.3) is 5.91 Å². The number of hydrogen-bond donors (Lipinski definition) is 1. The molecular formula is C19H20Cl3NO2S. The van der Waals surface area contributed by atoms with E-state index in [1.807, 2.05) is 31.2 Å². The van der Waals surface area contributed by atoms with Crippen molar-refractivity contribution < 1.29 is 9.53 Å². The van der Waals surface area contributed by atoms with Crippen molar-refractivity contribution in [2.24, 2.45) is 0 Å². The topological polar surface area (TPSA) is 38.3 Å². The fraction of sp³-hybridized carbons (Fsp3) is 0.316. The van der Waals surface area contributed by atoms with Crippen LogP contribution in [0.25, 0.3) is 0 Å². The molecule has 0 radical (unpaired) electrons. The minimum absolute atomic E-state index is 0.158. The maximum Gasteiger partial charge on any atom is 0.260 e. The van der Waals surface area contributed by atoms with Gasteiger partial charge in [0.05, 0.1) is 0 Å². The van der Waals surface area contributed by atoms with Crippen molar-refractivity contribution in [3.8, 4) is 5.75 Å². The maximum atomic E-state index is 12.1. The fourth-order valence-electron chi connectivity index (χ4n) is 2.18. The molecule has 0 aliphatic rings. The van der Waals surface area contributed by atoms with Gasteiger partial charge in [-0.15, -0.1) is 0 Å². The number of rotatable bonds is 8. The molecule has 0 bridgehead atoms. The highest BCUT2D eigenvalue weighted by Gasteiger charge is 2.14. The standard InChI is InChI=1S/C19H20Cl3NO2S/c1-12-10-14(6-7-16(12)20)25-13(2)19(24)23-8-9-26-11-15-17(21)4-3-5-18(15)22/h3-7,10,13H,8-9,11H2,1-2H3,(H,23,24)/t13-/m1/s1. The molecule has 3 nitrogen and oxygen atoms in total. The van der Waals surface area contributed by atoms with E-state index >= 15 is 0 Å². The van der Waals surface area contributed by atoms with Gasteiger partial charge in [-0.1, -0.05) is 40.9 Å². The van der Waals surface area contributed by atoms with Crippen molar-refractivity contribution in [2.75, 3.05) is 12.3 Å². The van der Waals surface area contributed by atoms with Crippen molar-refractivity contribution in [1.82, 2.24) is 5.32 Å². The van der Waals surface area contributed by atoms with Gasteiger partial charge in [0, 0.05) is 33.1 Å². The third kappa shape index (κ3) is 6.27. The molecule has 140 valence electrons. The Hall–Kier alpha value is -1.07. The molecular weight excluding hydrogens is 413 g/mol. The molecule has 2 aromatic carbocycles. The van der Waals surface area contributed by atoms with E-state index in [-0.39, 0.29) is 5.91 Å². The summed E-state index contributed by atoms with van der Waals surface area (Å²) >= 11 is 19.9. The van der Waals surface area contributed by atoms with E-state index in [0.29, 0.717) is 33.1 Å². The van der Waals surface area contributed by atoms with E-state index < -0.39 is 6.10 Å². The maximum absolute atomic E-state index is 12.1. The zero-order chi connectivity index (χ0) is 19.1. The number of carbonyl (C=O) groups is 1. The Kier molecular flexibility index (Phi) is 8.42. The third-order valence-corrected chi connectivity index (χ3v) is 5.78.